The highest BCUT2D eigenvalue weighted by molar-refractivity contribution is 9.10. The second kappa shape index (κ2) is 4.89. The maximum Gasteiger partial charge on any atom is 0.359 e. The summed E-state index contributed by atoms with van der Waals surface area (Å²) in [5.74, 6) is -3.39. The van der Waals surface area contributed by atoms with Gasteiger partial charge in [0, 0.05) is 0 Å². The van der Waals surface area contributed by atoms with Crippen LogP contribution in [0.15, 0.2) is 16.7 Å². The minimum atomic E-state index is -2.42. The molecule has 0 amide bonds. The summed E-state index contributed by atoms with van der Waals surface area (Å²) in [6.07, 6.45) is 0. The van der Waals surface area contributed by atoms with Crippen molar-refractivity contribution < 1.29 is 24.5 Å². The molecule has 92 valence electrons. The predicted octanol–water partition coefficient (Wildman–Crippen LogP) is 1.80. The number of aliphatic carboxylic acids is 2. The molecule has 0 spiro atoms. The number of hydrogen-bond acceptors (Lipinski definition) is 4. The van der Waals surface area contributed by atoms with Gasteiger partial charge in [0.25, 0.3) is 5.60 Å². The van der Waals surface area contributed by atoms with E-state index in [1.54, 1.807) is 0 Å². The Hall–Kier alpha value is -1.34. The number of halogens is 2. The van der Waals surface area contributed by atoms with Crippen LogP contribution in [0.5, 0.6) is 5.75 Å². The van der Waals surface area contributed by atoms with Crippen LogP contribution in [0.1, 0.15) is 6.92 Å². The van der Waals surface area contributed by atoms with Crippen molar-refractivity contribution in [2.24, 2.45) is 0 Å². The van der Waals surface area contributed by atoms with Gasteiger partial charge in [-0.1, -0.05) is 11.6 Å². The number of nitrogens with zero attached hydrogens (tertiary/aromatic N) is 1. The highest BCUT2D eigenvalue weighted by Gasteiger charge is 2.45. The van der Waals surface area contributed by atoms with Gasteiger partial charge in [0.1, 0.15) is 4.60 Å². The molecule has 0 fully saturated rings. The maximum absolute atomic E-state index is 10.9. The molecule has 0 saturated carbocycles. The first-order valence-corrected chi connectivity index (χ1v) is 5.42. The van der Waals surface area contributed by atoms with E-state index in [-0.39, 0.29) is 10.9 Å². The number of aromatic nitrogens is 1. The Bertz CT molecular complexity index is 464. The Morgan fingerprint density at radius 3 is 2.35 bits per heavy atom. The second-order valence-corrected chi connectivity index (χ2v) is 4.34. The molecular weight excluding hydrogens is 317 g/mol. The Labute approximate surface area is 109 Å². The van der Waals surface area contributed by atoms with E-state index in [1.165, 1.54) is 12.1 Å². The number of carbonyl (C=O) groups is 2. The number of hydrogen-bond donors (Lipinski definition) is 2. The number of pyridine rings is 1. The lowest BCUT2D eigenvalue weighted by Crippen LogP contribution is -2.49. The molecule has 1 aromatic rings. The van der Waals surface area contributed by atoms with Crippen LogP contribution in [0.2, 0.25) is 5.15 Å². The van der Waals surface area contributed by atoms with E-state index in [0.717, 1.165) is 6.92 Å². The number of ether oxygens (including phenoxy) is 1. The van der Waals surface area contributed by atoms with Crippen LogP contribution in [0.4, 0.5) is 0 Å². The average molecular weight is 325 g/mol. The summed E-state index contributed by atoms with van der Waals surface area (Å²) in [6, 6.07) is 2.77. The summed E-state index contributed by atoms with van der Waals surface area (Å²) in [7, 11) is 0. The second-order valence-electron chi connectivity index (χ2n) is 3.17. The zero-order valence-corrected chi connectivity index (χ0v) is 10.8. The van der Waals surface area contributed by atoms with Crippen molar-refractivity contribution >= 4 is 39.5 Å². The normalized spacial score (nSPS) is 11.0. The third-order valence-electron chi connectivity index (χ3n) is 1.91. The van der Waals surface area contributed by atoms with Gasteiger partial charge in [-0.05, 0) is 35.0 Å². The van der Waals surface area contributed by atoms with Crippen LogP contribution < -0.4 is 4.74 Å². The topological polar surface area (TPSA) is 96.7 Å². The van der Waals surface area contributed by atoms with Crippen molar-refractivity contribution in [3.05, 3.63) is 21.9 Å². The van der Waals surface area contributed by atoms with E-state index in [1.807, 2.05) is 0 Å². The zero-order chi connectivity index (χ0) is 13.2. The van der Waals surface area contributed by atoms with Crippen LogP contribution in [-0.4, -0.2) is 32.7 Å². The van der Waals surface area contributed by atoms with Gasteiger partial charge in [0.15, 0.2) is 10.9 Å². The molecule has 17 heavy (non-hydrogen) atoms. The van der Waals surface area contributed by atoms with Crippen LogP contribution in [0.3, 0.4) is 0 Å². The van der Waals surface area contributed by atoms with Crippen LogP contribution in [-0.2, 0) is 9.59 Å². The predicted molar refractivity (Wildman–Crippen MR) is 61.3 cm³/mol. The third-order valence-corrected chi connectivity index (χ3v) is 2.62. The highest BCUT2D eigenvalue weighted by atomic mass is 79.9. The highest BCUT2D eigenvalue weighted by Crippen LogP contribution is 2.28. The molecule has 1 aromatic heterocycles. The summed E-state index contributed by atoms with van der Waals surface area (Å²) >= 11 is 8.74. The number of rotatable bonds is 4. The Morgan fingerprint density at radius 1 is 1.41 bits per heavy atom. The van der Waals surface area contributed by atoms with Crippen molar-refractivity contribution in [1.29, 1.82) is 0 Å². The van der Waals surface area contributed by atoms with E-state index in [0.29, 0.717) is 4.60 Å². The summed E-state index contributed by atoms with van der Waals surface area (Å²) in [5, 5.41) is 17.5. The zero-order valence-electron chi connectivity index (χ0n) is 8.48. The van der Waals surface area contributed by atoms with Gasteiger partial charge in [-0.3, -0.25) is 0 Å². The molecule has 0 unspecified atom stereocenters. The van der Waals surface area contributed by atoms with Gasteiger partial charge in [-0.2, -0.15) is 0 Å². The SMILES string of the molecule is CC(Oc1ccc(Br)nc1Cl)(C(=O)O)C(=O)O. The largest absolute Gasteiger partial charge is 0.478 e. The van der Waals surface area contributed by atoms with Crippen molar-refractivity contribution in [2.45, 2.75) is 12.5 Å². The van der Waals surface area contributed by atoms with E-state index in [2.05, 4.69) is 20.9 Å². The monoisotopic (exact) mass is 323 g/mol. The van der Waals surface area contributed by atoms with Gasteiger partial charge in [-0.25, -0.2) is 14.6 Å². The van der Waals surface area contributed by atoms with Gasteiger partial charge >= 0.3 is 11.9 Å². The van der Waals surface area contributed by atoms with E-state index >= 15 is 0 Å². The molecule has 0 aliphatic rings. The molecule has 0 aromatic carbocycles. The molecule has 1 heterocycles. The third kappa shape index (κ3) is 2.86. The lowest BCUT2D eigenvalue weighted by molar-refractivity contribution is -0.170. The Morgan fingerprint density at radius 2 is 1.94 bits per heavy atom. The number of carboxylic acids is 2. The minimum absolute atomic E-state index is 0.123. The van der Waals surface area contributed by atoms with Crippen molar-refractivity contribution in [3.8, 4) is 5.75 Å². The molecule has 1 rings (SSSR count). The van der Waals surface area contributed by atoms with Crippen molar-refractivity contribution in [2.75, 3.05) is 0 Å². The summed E-state index contributed by atoms with van der Waals surface area (Å²) in [4.78, 5) is 25.5. The molecule has 6 nitrogen and oxygen atoms in total. The van der Waals surface area contributed by atoms with Crippen molar-refractivity contribution in [3.63, 3.8) is 0 Å². The van der Waals surface area contributed by atoms with Crippen LogP contribution in [0, 0.1) is 0 Å². The van der Waals surface area contributed by atoms with Gasteiger partial charge < -0.3 is 14.9 Å². The lowest BCUT2D eigenvalue weighted by Gasteiger charge is -2.21. The molecular formula is C9H7BrClNO5. The maximum atomic E-state index is 10.9. The summed E-state index contributed by atoms with van der Waals surface area (Å²) in [5.41, 5.74) is -2.42. The molecule has 0 aliphatic heterocycles. The lowest BCUT2D eigenvalue weighted by atomic mass is 10.1. The first kappa shape index (κ1) is 13.7. The Kier molecular flexibility index (Phi) is 3.94. The Balaban J connectivity index is 3.11. The van der Waals surface area contributed by atoms with Gasteiger partial charge in [-0.15, -0.1) is 0 Å². The summed E-state index contributed by atoms with van der Waals surface area (Å²) < 4.78 is 5.31. The molecule has 0 aliphatic carbocycles. The fraction of sp³-hybridized carbons (Fsp3) is 0.222. The fourth-order valence-corrected chi connectivity index (χ4v) is 1.48. The van der Waals surface area contributed by atoms with Gasteiger partial charge in [0.2, 0.25) is 0 Å². The number of carboxylic acid groups (broad SMARTS) is 2. The molecule has 0 atom stereocenters. The van der Waals surface area contributed by atoms with Crippen LogP contribution >= 0.6 is 27.5 Å². The first-order chi connectivity index (χ1) is 7.77. The van der Waals surface area contributed by atoms with Gasteiger partial charge in [0.05, 0.1) is 0 Å². The van der Waals surface area contributed by atoms with E-state index < -0.39 is 17.5 Å². The average Bonchev–Trinajstić information content (AvgIpc) is 2.21. The molecule has 0 bridgehead atoms. The first-order valence-electron chi connectivity index (χ1n) is 4.25. The standard InChI is InChI=1S/C9H7BrClNO5/c1-9(7(13)14,8(15)16)17-4-2-3-5(10)12-6(4)11/h2-3H,1H3,(H,13,14)(H,15,16). The minimum Gasteiger partial charge on any atom is -0.478 e. The fourth-order valence-electron chi connectivity index (χ4n) is 0.874. The smallest absolute Gasteiger partial charge is 0.359 e. The van der Waals surface area contributed by atoms with Crippen LogP contribution in [0.25, 0.3) is 0 Å². The summed E-state index contributed by atoms with van der Waals surface area (Å²) in [6.45, 7) is 0.913. The molecule has 8 heteroatoms. The molecule has 0 radical (unpaired) electrons. The van der Waals surface area contributed by atoms with E-state index in [9.17, 15) is 9.59 Å². The molecule has 2 N–H and O–H groups in total. The quantitative estimate of drug-likeness (QED) is 0.647. The molecule has 0 saturated heterocycles. The van der Waals surface area contributed by atoms with Crippen molar-refractivity contribution in [1.82, 2.24) is 4.98 Å². The van der Waals surface area contributed by atoms with E-state index in [4.69, 9.17) is 26.6 Å².